The molecule has 1 aliphatic rings. The van der Waals surface area contributed by atoms with E-state index < -0.39 is 54.5 Å². The SMILES string of the molecule is CCN[C@H]1CN(CCCOC)S(=O)(=O)c2sc(S(=O)(=O)NC(C)(CC)C(=O)[C@H](C)OC(C)(CC)C(=O)C(C)(C)CC(C)(C)CC)cc21. The summed E-state index contributed by atoms with van der Waals surface area (Å²) in [5.74, 6) is -0.629. The van der Waals surface area contributed by atoms with Gasteiger partial charge in [0.1, 0.15) is 20.1 Å². The lowest BCUT2D eigenvalue weighted by Crippen LogP contribution is -2.57. The molecule has 2 N–H and O–H groups in total. The van der Waals surface area contributed by atoms with E-state index in [4.69, 9.17) is 9.47 Å². The first kappa shape index (κ1) is 41.9. The maximum atomic E-state index is 14.0. The summed E-state index contributed by atoms with van der Waals surface area (Å²) in [5, 5.41) is 3.27. The van der Waals surface area contributed by atoms with Gasteiger partial charge < -0.3 is 14.8 Å². The number of Topliss-reactive ketones (excluding diaryl/α,β-unsaturated/α-hetero) is 2. The van der Waals surface area contributed by atoms with Crippen molar-refractivity contribution in [3.05, 3.63) is 11.6 Å². The highest BCUT2D eigenvalue weighted by Crippen LogP contribution is 2.42. The average Bonchev–Trinajstić information content (AvgIpc) is 3.46. The van der Waals surface area contributed by atoms with Gasteiger partial charge in [-0.1, -0.05) is 61.8 Å². The first-order valence-corrected chi connectivity index (χ1v) is 20.4. The van der Waals surface area contributed by atoms with Crippen molar-refractivity contribution in [2.75, 3.05) is 33.4 Å². The number of fused-ring (bicyclic) bond motifs is 1. The Labute approximate surface area is 288 Å². The van der Waals surface area contributed by atoms with Crippen molar-refractivity contribution in [1.29, 1.82) is 0 Å². The Bertz CT molecular complexity index is 1470. The topological polar surface area (TPSA) is 148 Å². The Balaban J connectivity index is 2.40. The molecule has 47 heavy (non-hydrogen) atoms. The summed E-state index contributed by atoms with van der Waals surface area (Å²) in [4.78, 5) is 27.9. The maximum absolute atomic E-state index is 14.0. The molecule has 1 aromatic heterocycles. The van der Waals surface area contributed by atoms with Crippen LogP contribution in [0.2, 0.25) is 0 Å². The zero-order valence-corrected chi connectivity index (χ0v) is 33.0. The van der Waals surface area contributed by atoms with E-state index in [-0.39, 0.29) is 39.1 Å². The molecule has 2 unspecified atom stereocenters. The minimum Gasteiger partial charge on any atom is -0.385 e. The van der Waals surface area contributed by atoms with Gasteiger partial charge in [-0.15, -0.1) is 11.3 Å². The van der Waals surface area contributed by atoms with Crippen molar-refractivity contribution < 1.29 is 35.9 Å². The molecule has 0 aromatic carbocycles. The number of thiophene rings is 1. The summed E-state index contributed by atoms with van der Waals surface area (Å²) in [6.45, 7) is 21.7. The van der Waals surface area contributed by atoms with Gasteiger partial charge in [-0.25, -0.2) is 16.8 Å². The summed E-state index contributed by atoms with van der Waals surface area (Å²) in [6, 6.07) is 0.998. The molecule has 0 amide bonds. The van der Waals surface area contributed by atoms with E-state index in [9.17, 15) is 26.4 Å². The van der Waals surface area contributed by atoms with Crippen LogP contribution in [-0.4, -0.2) is 83.3 Å². The van der Waals surface area contributed by atoms with Crippen LogP contribution >= 0.6 is 11.3 Å². The maximum Gasteiger partial charge on any atom is 0.252 e. The molecule has 0 radical (unpaired) electrons. The minimum atomic E-state index is -4.35. The highest BCUT2D eigenvalue weighted by atomic mass is 32.3. The lowest BCUT2D eigenvalue weighted by Gasteiger charge is -2.41. The molecule has 2 heterocycles. The zero-order chi connectivity index (χ0) is 36.2. The first-order valence-electron chi connectivity index (χ1n) is 16.7. The third-order valence-corrected chi connectivity index (χ3v) is 15.2. The third kappa shape index (κ3) is 9.50. The highest BCUT2D eigenvalue weighted by Gasteiger charge is 2.48. The van der Waals surface area contributed by atoms with Crippen LogP contribution in [0.15, 0.2) is 14.5 Å². The Hall–Kier alpha value is -1.26. The number of ether oxygens (including phenoxy) is 2. The van der Waals surface area contributed by atoms with Gasteiger partial charge >= 0.3 is 0 Å². The van der Waals surface area contributed by atoms with Gasteiger partial charge in [-0.3, -0.25) is 9.59 Å². The fourth-order valence-corrected chi connectivity index (χ4v) is 11.8. The molecule has 0 bridgehead atoms. The Morgan fingerprint density at radius 1 is 1.06 bits per heavy atom. The van der Waals surface area contributed by atoms with Gasteiger partial charge in [0.15, 0.2) is 11.6 Å². The summed E-state index contributed by atoms with van der Waals surface area (Å²) in [7, 11) is -6.74. The molecule has 1 aliphatic heterocycles. The quantitative estimate of drug-likeness (QED) is 0.168. The lowest BCUT2D eigenvalue weighted by molar-refractivity contribution is -0.166. The number of likely N-dealkylation sites (N-methyl/N-ethyl adjacent to an activating group) is 1. The Kier molecular flexibility index (Phi) is 14.0. The van der Waals surface area contributed by atoms with Crippen molar-refractivity contribution in [3.8, 4) is 0 Å². The number of rotatable bonds is 20. The van der Waals surface area contributed by atoms with E-state index in [1.165, 1.54) is 17.3 Å². The van der Waals surface area contributed by atoms with Crippen molar-refractivity contribution in [2.24, 2.45) is 10.8 Å². The van der Waals surface area contributed by atoms with E-state index in [1.807, 2.05) is 27.7 Å². The van der Waals surface area contributed by atoms with Crippen LogP contribution in [0.25, 0.3) is 0 Å². The Morgan fingerprint density at radius 2 is 1.68 bits per heavy atom. The number of nitrogens with zero attached hydrogens (tertiary/aromatic N) is 1. The van der Waals surface area contributed by atoms with Crippen molar-refractivity contribution in [3.63, 3.8) is 0 Å². The summed E-state index contributed by atoms with van der Waals surface area (Å²) in [5.41, 5.74) is -3.25. The average molecular weight is 722 g/mol. The standard InChI is InChI=1S/C33H59N3O8S3/c1-13-30(6,7)22-31(8,9)29(38)33(11,15-3)44-23(5)27(37)32(10,14-2)35-46(39,40)26-20-24-25(34-16-4)21-36(18-17-19-43-12)47(41,42)28(24)45-26/h20,23,25,34-35H,13-19,21-22H2,1-12H3/t23-,25-,32?,33?/m0/s1. The highest BCUT2D eigenvalue weighted by molar-refractivity contribution is 7.94. The van der Waals surface area contributed by atoms with Gasteiger partial charge in [0.25, 0.3) is 20.0 Å². The van der Waals surface area contributed by atoms with E-state index in [0.717, 1.165) is 6.42 Å². The van der Waals surface area contributed by atoms with Gasteiger partial charge in [0.05, 0.1) is 5.54 Å². The number of nitrogens with one attached hydrogen (secondary N) is 2. The molecule has 0 aliphatic carbocycles. The Morgan fingerprint density at radius 3 is 2.19 bits per heavy atom. The van der Waals surface area contributed by atoms with Crippen molar-refractivity contribution in [1.82, 2.24) is 14.3 Å². The lowest BCUT2D eigenvalue weighted by atomic mass is 9.68. The van der Waals surface area contributed by atoms with E-state index in [2.05, 4.69) is 30.8 Å². The molecule has 0 fully saturated rings. The number of methoxy groups -OCH3 is 1. The molecular weight excluding hydrogens is 663 g/mol. The molecular formula is C33H59N3O8S3. The van der Waals surface area contributed by atoms with Crippen molar-refractivity contribution in [2.45, 2.75) is 140 Å². The van der Waals surface area contributed by atoms with Crippen LogP contribution in [0.3, 0.4) is 0 Å². The van der Waals surface area contributed by atoms with Gasteiger partial charge in [0, 0.05) is 43.8 Å². The summed E-state index contributed by atoms with van der Waals surface area (Å²) in [6.07, 6.45) is 1.36. The van der Waals surface area contributed by atoms with Gasteiger partial charge in [0.2, 0.25) is 0 Å². The van der Waals surface area contributed by atoms with Gasteiger partial charge in [-0.2, -0.15) is 9.03 Å². The third-order valence-electron chi connectivity index (χ3n) is 9.57. The monoisotopic (exact) mass is 721 g/mol. The first-order chi connectivity index (χ1) is 21.5. The van der Waals surface area contributed by atoms with Crippen molar-refractivity contribution >= 4 is 42.9 Å². The number of hydrogen-bond acceptors (Lipinski definition) is 10. The predicted octanol–water partition coefficient (Wildman–Crippen LogP) is 5.45. The molecule has 0 saturated heterocycles. The molecule has 4 atom stereocenters. The second-order valence-corrected chi connectivity index (χ2v) is 19.6. The van der Waals surface area contributed by atoms with Gasteiger partial charge in [-0.05, 0) is 64.5 Å². The van der Waals surface area contributed by atoms with Crippen LogP contribution in [0.1, 0.15) is 120 Å². The fourth-order valence-electron chi connectivity index (χ4n) is 6.43. The normalized spacial score (nSPS) is 20.6. The number of ketones is 2. The molecule has 2 rings (SSSR count). The van der Waals surface area contributed by atoms with Crippen LogP contribution in [0, 0.1) is 10.8 Å². The summed E-state index contributed by atoms with van der Waals surface area (Å²) < 4.78 is 69.9. The van der Waals surface area contributed by atoms with E-state index >= 15 is 0 Å². The number of carbonyl (C=O) groups is 2. The van der Waals surface area contributed by atoms with E-state index in [1.54, 1.807) is 27.9 Å². The van der Waals surface area contributed by atoms with E-state index in [0.29, 0.717) is 49.3 Å². The summed E-state index contributed by atoms with van der Waals surface area (Å²) >= 11 is 0.681. The van der Waals surface area contributed by atoms with Crippen LogP contribution in [-0.2, 0) is 39.1 Å². The predicted molar refractivity (Wildman–Crippen MR) is 187 cm³/mol. The van der Waals surface area contributed by atoms with Crippen LogP contribution in [0.4, 0.5) is 0 Å². The number of sulfonamides is 2. The second kappa shape index (κ2) is 15.7. The van der Waals surface area contributed by atoms with Crippen LogP contribution in [0.5, 0.6) is 0 Å². The van der Waals surface area contributed by atoms with Crippen LogP contribution < -0.4 is 10.0 Å². The molecule has 0 spiro atoms. The molecule has 1 aromatic rings. The number of carbonyl (C=O) groups excluding carboxylic acids is 2. The fraction of sp³-hybridized carbons (Fsp3) is 0.818. The molecule has 11 nitrogen and oxygen atoms in total. The second-order valence-electron chi connectivity index (χ2n) is 14.5. The zero-order valence-electron chi connectivity index (χ0n) is 30.5. The number of hydrogen-bond donors (Lipinski definition) is 2. The molecule has 272 valence electrons. The molecule has 14 heteroatoms. The minimum absolute atomic E-state index is 0.0280. The largest absolute Gasteiger partial charge is 0.385 e. The smallest absolute Gasteiger partial charge is 0.252 e. The molecule has 0 saturated carbocycles.